The normalized spacial score (nSPS) is 13.8. The van der Waals surface area contributed by atoms with E-state index in [0.29, 0.717) is 4.77 Å². The van der Waals surface area contributed by atoms with E-state index in [4.69, 9.17) is 17.2 Å². The first-order valence-corrected chi connectivity index (χ1v) is 7.62. The summed E-state index contributed by atoms with van der Waals surface area (Å²) in [6.07, 6.45) is 3.28. The molecule has 0 unspecified atom stereocenters. The molecular formula is C16H16N4S. The van der Waals surface area contributed by atoms with E-state index in [-0.39, 0.29) is 0 Å². The summed E-state index contributed by atoms with van der Waals surface area (Å²) in [5.74, 6) is 0.829. The van der Waals surface area contributed by atoms with Crippen LogP contribution in [-0.4, -0.2) is 20.2 Å². The second-order valence-corrected chi connectivity index (χ2v) is 6.15. The molecule has 1 aliphatic carbocycles. The molecular weight excluding hydrogens is 280 g/mol. The van der Waals surface area contributed by atoms with Crippen LogP contribution in [0.3, 0.4) is 0 Å². The van der Waals surface area contributed by atoms with Gasteiger partial charge in [0.2, 0.25) is 4.77 Å². The number of hydrogen-bond acceptors (Lipinski definition) is 3. The summed E-state index contributed by atoms with van der Waals surface area (Å²) in [6, 6.07) is 4.39. The topological polar surface area (TPSA) is 57.4 Å². The predicted molar refractivity (Wildman–Crippen MR) is 86.0 cm³/mol. The van der Waals surface area contributed by atoms with Gasteiger partial charge in [-0.25, -0.2) is 0 Å². The zero-order valence-electron chi connectivity index (χ0n) is 12.1. The van der Waals surface area contributed by atoms with Crippen LogP contribution in [0.1, 0.15) is 28.8 Å². The minimum Gasteiger partial charge on any atom is -0.282 e. The number of aromatic amines is 2. The van der Waals surface area contributed by atoms with Crippen LogP contribution in [0.2, 0.25) is 0 Å². The first-order chi connectivity index (χ1) is 10.1. The third kappa shape index (κ3) is 1.92. The van der Waals surface area contributed by atoms with Crippen molar-refractivity contribution in [1.82, 2.24) is 20.2 Å². The zero-order valence-corrected chi connectivity index (χ0v) is 12.9. The Morgan fingerprint density at radius 2 is 1.95 bits per heavy atom. The molecule has 0 atom stereocenters. The van der Waals surface area contributed by atoms with Crippen LogP contribution in [-0.2, 0) is 12.8 Å². The molecule has 0 spiro atoms. The maximum Gasteiger partial charge on any atom is 0.213 e. The van der Waals surface area contributed by atoms with E-state index >= 15 is 0 Å². The quantitative estimate of drug-likeness (QED) is 0.672. The van der Waals surface area contributed by atoms with Crippen LogP contribution < -0.4 is 0 Å². The Morgan fingerprint density at radius 3 is 2.71 bits per heavy atom. The number of nitrogens with one attached hydrogen (secondary N) is 2. The highest BCUT2D eigenvalue weighted by atomic mass is 32.1. The Bertz CT molecular complexity index is 920. The van der Waals surface area contributed by atoms with Gasteiger partial charge in [-0.1, -0.05) is 11.6 Å². The highest BCUT2D eigenvalue weighted by molar-refractivity contribution is 7.71. The van der Waals surface area contributed by atoms with Crippen LogP contribution in [0.15, 0.2) is 12.1 Å². The summed E-state index contributed by atoms with van der Waals surface area (Å²) >= 11 is 5.12. The molecule has 2 heterocycles. The van der Waals surface area contributed by atoms with Crippen LogP contribution in [0.5, 0.6) is 0 Å². The van der Waals surface area contributed by atoms with Crippen molar-refractivity contribution in [2.45, 2.75) is 33.1 Å². The standard InChI is InChI=1S/C16H16N4S/c1-8-6-9(2)14-11(7-8)13(15-18-16(21)20-19-15)10-4-3-5-12(10)17-14/h6-7H,3-5H2,1-2H3,(H2,18,19,20,21). The number of fused-ring (bicyclic) bond motifs is 2. The number of benzene rings is 1. The van der Waals surface area contributed by atoms with Crippen molar-refractivity contribution in [3.8, 4) is 11.4 Å². The molecule has 0 bridgehead atoms. The number of rotatable bonds is 1. The van der Waals surface area contributed by atoms with Crippen LogP contribution in [0.4, 0.5) is 0 Å². The van der Waals surface area contributed by atoms with Crippen LogP contribution in [0, 0.1) is 18.6 Å². The lowest BCUT2D eigenvalue weighted by Gasteiger charge is -2.12. The van der Waals surface area contributed by atoms with Gasteiger partial charge in [-0.3, -0.25) is 15.2 Å². The minimum atomic E-state index is 0.492. The van der Waals surface area contributed by atoms with Gasteiger partial charge in [-0.15, -0.1) is 0 Å². The van der Waals surface area contributed by atoms with E-state index in [9.17, 15) is 0 Å². The Labute approximate surface area is 127 Å². The Hall–Kier alpha value is -2.01. The molecule has 2 aromatic heterocycles. The average molecular weight is 296 g/mol. The van der Waals surface area contributed by atoms with Crippen LogP contribution >= 0.6 is 12.2 Å². The van der Waals surface area contributed by atoms with E-state index < -0.39 is 0 Å². The molecule has 0 radical (unpaired) electrons. The maximum atomic E-state index is 5.12. The number of pyridine rings is 1. The SMILES string of the molecule is Cc1cc(C)c2nc3c(c(-c4nc(=S)[nH][nH]4)c2c1)CCC3. The fourth-order valence-electron chi connectivity index (χ4n) is 3.38. The number of nitrogens with zero attached hydrogens (tertiary/aromatic N) is 2. The van der Waals surface area contributed by atoms with Crippen molar-refractivity contribution in [3.63, 3.8) is 0 Å². The van der Waals surface area contributed by atoms with Gasteiger partial charge in [-0.2, -0.15) is 4.98 Å². The lowest BCUT2D eigenvalue weighted by Crippen LogP contribution is -1.98. The van der Waals surface area contributed by atoms with E-state index in [2.05, 4.69) is 41.2 Å². The van der Waals surface area contributed by atoms with Crippen molar-refractivity contribution in [2.24, 2.45) is 0 Å². The van der Waals surface area contributed by atoms with Gasteiger partial charge in [0, 0.05) is 16.6 Å². The molecule has 4 nitrogen and oxygen atoms in total. The number of hydrogen-bond donors (Lipinski definition) is 2. The van der Waals surface area contributed by atoms with E-state index in [1.165, 1.54) is 33.3 Å². The molecule has 106 valence electrons. The zero-order chi connectivity index (χ0) is 14.6. The summed E-state index contributed by atoms with van der Waals surface area (Å²) in [6.45, 7) is 4.25. The highest BCUT2D eigenvalue weighted by Crippen LogP contribution is 2.36. The molecule has 0 saturated heterocycles. The molecule has 3 aromatic rings. The number of H-pyrrole nitrogens is 2. The third-order valence-corrected chi connectivity index (χ3v) is 4.38. The highest BCUT2D eigenvalue weighted by Gasteiger charge is 2.22. The predicted octanol–water partition coefficient (Wildman–Crippen LogP) is 3.79. The van der Waals surface area contributed by atoms with Crippen molar-refractivity contribution < 1.29 is 0 Å². The van der Waals surface area contributed by atoms with Gasteiger partial charge in [-0.05, 0) is 62.5 Å². The van der Waals surface area contributed by atoms with Gasteiger partial charge in [0.05, 0.1) is 5.52 Å². The summed E-state index contributed by atoms with van der Waals surface area (Å²) < 4.78 is 0.492. The summed E-state index contributed by atoms with van der Waals surface area (Å²) in [4.78, 5) is 9.36. The number of aryl methyl sites for hydroxylation is 3. The van der Waals surface area contributed by atoms with Gasteiger partial charge in [0.1, 0.15) is 0 Å². The lowest BCUT2D eigenvalue weighted by molar-refractivity contribution is 0.901. The summed E-state index contributed by atoms with van der Waals surface area (Å²) in [5.41, 5.74) is 7.26. The third-order valence-electron chi connectivity index (χ3n) is 4.19. The van der Waals surface area contributed by atoms with Crippen molar-refractivity contribution in [2.75, 3.05) is 0 Å². The minimum absolute atomic E-state index is 0.492. The first-order valence-electron chi connectivity index (χ1n) is 7.21. The Morgan fingerprint density at radius 1 is 1.10 bits per heavy atom. The molecule has 0 aliphatic heterocycles. The average Bonchev–Trinajstić information content (AvgIpc) is 3.05. The van der Waals surface area contributed by atoms with E-state index in [1.54, 1.807) is 0 Å². The molecule has 21 heavy (non-hydrogen) atoms. The first kappa shape index (κ1) is 12.7. The molecule has 2 N–H and O–H groups in total. The molecule has 5 heteroatoms. The molecule has 0 saturated carbocycles. The second-order valence-electron chi connectivity index (χ2n) is 5.76. The van der Waals surface area contributed by atoms with Gasteiger partial charge >= 0.3 is 0 Å². The monoisotopic (exact) mass is 296 g/mol. The van der Waals surface area contributed by atoms with Crippen molar-refractivity contribution >= 4 is 23.1 Å². The fourth-order valence-corrected chi connectivity index (χ4v) is 3.52. The molecule has 0 amide bonds. The fraction of sp³-hybridized carbons (Fsp3) is 0.312. The summed E-state index contributed by atoms with van der Waals surface area (Å²) in [5, 5.41) is 7.20. The number of aromatic nitrogens is 4. The molecule has 1 aromatic carbocycles. The lowest BCUT2D eigenvalue weighted by atomic mass is 9.97. The van der Waals surface area contributed by atoms with Gasteiger partial charge in [0.15, 0.2) is 5.82 Å². The molecule has 4 rings (SSSR count). The smallest absolute Gasteiger partial charge is 0.213 e. The van der Waals surface area contributed by atoms with Gasteiger partial charge < -0.3 is 0 Å². The maximum absolute atomic E-state index is 5.12. The van der Waals surface area contributed by atoms with E-state index in [1.807, 2.05) is 0 Å². The van der Waals surface area contributed by atoms with E-state index in [0.717, 1.165) is 30.6 Å². The summed E-state index contributed by atoms with van der Waals surface area (Å²) in [7, 11) is 0. The van der Waals surface area contributed by atoms with Crippen molar-refractivity contribution in [1.29, 1.82) is 0 Å². The van der Waals surface area contributed by atoms with Gasteiger partial charge in [0.25, 0.3) is 0 Å². The van der Waals surface area contributed by atoms with Crippen LogP contribution in [0.25, 0.3) is 22.3 Å². The Kier molecular flexibility index (Phi) is 2.72. The Balaban J connectivity index is 2.18. The largest absolute Gasteiger partial charge is 0.282 e. The molecule has 1 aliphatic rings. The molecule has 0 fully saturated rings. The van der Waals surface area contributed by atoms with Crippen molar-refractivity contribution in [3.05, 3.63) is 39.3 Å². The second kappa shape index (κ2) is 4.49.